The Morgan fingerprint density at radius 1 is 0.935 bits per heavy atom. The number of methoxy groups -OCH3 is 2. The van der Waals surface area contributed by atoms with E-state index in [1.807, 2.05) is 12.1 Å². The second-order valence-corrected chi connectivity index (χ2v) is 6.87. The van der Waals surface area contributed by atoms with Crippen LogP contribution in [-0.4, -0.2) is 31.2 Å². The molecule has 0 fully saturated rings. The largest absolute Gasteiger partial charge is 0.493 e. The zero-order valence-corrected chi connectivity index (χ0v) is 17.6. The number of ether oxygens (including phenoxy) is 2. The van der Waals surface area contributed by atoms with Gasteiger partial charge < -0.3 is 19.9 Å². The van der Waals surface area contributed by atoms with Crippen LogP contribution in [0.25, 0.3) is 17.2 Å². The van der Waals surface area contributed by atoms with E-state index in [1.54, 1.807) is 54.6 Å². The molecule has 0 bridgehead atoms. The van der Waals surface area contributed by atoms with Crippen molar-refractivity contribution < 1.29 is 24.2 Å². The van der Waals surface area contributed by atoms with Gasteiger partial charge in [-0.25, -0.2) is 4.79 Å². The van der Waals surface area contributed by atoms with Crippen molar-refractivity contribution in [2.24, 2.45) is 0 Å². The highest BCUT2D eigenvalue weighted by Crippen LogP contribution is 2.42. The van der Waals surface area contributed by atoms with E-state index in [-0.39, 0.29) is 5.70 Å². The number of benzene rings is 3. The molecule has 31 heavy (non-hydrogen) atoms. The minimum absolute atomic E-state index is 0.286. The monoisotopic (exact) mass is 437 g/mol. The predicted molar refractivity (Wildman–Crippen MR) is 120 cm³/mol. The molecule has 0 atom stereocenters. The van der Waals surface area contributed by atoms with Gasteiger partial charge in [0.25, 0.3) is 5.91 Å². The molecule has 7 heteroatoms. The molecule has 6 nitrogen and oxygen atoms in total. The Morgan fingerprint density at radius 2 is 1.61 bits per heavy atom. The summed E-state index contributed by atoms with van der Waals surface area (Å²) >= 11 is 6.37. The second-order valence-electron chi connectivity index (χ2n) is 6.47. The van der Waals surface area contributed by atoms with Crippen molar-refractivity contribution >= 4 is 29.6 Å². The molecule has 3 aromatic carbocycles. The summed E-state index contributed by atoms with van der Waals surface area (Å²) in [6.45, 7) is 0. The van der Waals surface area contributed by atoms with Crippen LogP contribution >= 0.6 is 11.6 Å². The molecular weight excluding hydrogens is 418 g/mol. The van der Waals surface area contributed by atoms with Crippen molar-refractivity contribution in [3.63, 3.8) is 0 Å². The zero-order chi connectivity index (χ0) is 22.4. The number of hydrogen-bond donors (Lipinski definition) is 2. The fraction of sp³-hybridized carbons (Fsp3) is 0.0833. The van der Waals surface area contributed by atoms with Gasteiger partial charge in [0.15, 0.2) is 11.5 Å². The van der Waals surface area contributed by atoms with E-state index < -0.39 is 11.9 Å². The Morgan fingerprint density at radius 3 is 2.23 bits per heavy atom. The van der Waals surface area contributed by atoms with Gasteiger partial charge >= 0.3 is 5.97 Å². The summed E-state index contributed by atoms with van der Waals surface area (Å²) in [5, 5.41) is 12.6. The van der Waals surface area contributed by atoms with Gasteiger partial charge in [-0.1, -0.05) is 48.0 Å². The third-order valence-corrected chi connectivity index (χ3v) is 4.82. The smallest absolute Gasteiger partial charge is 0.352 e. The topological polar surface area (TPSA) is 84.9 Å². The van der Waals surface area contributed by atoms with E-state index in [0.29, 0.717) is 38.8 Å². The maximum atomic E-state index is 12.4. The Bertz CT molecular complexity index is 1140. The van der Waals surface area contributed by atoms with Crippen molar-refractivity contribution in [3.8, 4) is 22.6 Å². The van der Waals surface area contributed by atoms with Gasteiger partial charge in [0, 0.05) is 21.7 Å². The summed E-state index contributed by atoms with van der Waals surface area (Å²) < 4.78 is 11.0. The highest BCUT2D eigenvalue weighted by atomic mass is 35.5. The molecular formula is C24H20ClNO5. The maximum Gasteiger partial charge on any atom is 0.352 e. The van der Waals surface area contributed by atoms with Crippen LogP contribution in [0.2, 0.25) is 5.02 Å². The van der Waals surface area contributed by atoms with E-state index in [4.69, 9.17) is 21.1 Å². The van der Waals surface area contributed by atoms with E-state index in [1.165, 1.54) is 20.3 Å². The number of carbonyl (C=O) groups is 2. The Labute approximate surface area is 184 Å². The number of rotatable bonds is 7. The molecule has 158 valence electrons. The van der Waals surface area contributed by atoms with Gasteiger partial charge in [-0.05, 0) is 42.0 Å². The van der Waals surface area contributed by atoms with Crippen molar-refractivity contribution in [2.45, 2.75) is 0 Å². The molecule has 0 unspecified atom stereocenters. The molecule has 0 heterocycles. The highest BCUT2D eigenvalue weighted by Gasteiger charge is 2.18. The predicted octanol–water partition coefficient (Wildman–Crippen LogP) is 4.88. The number of carbonyl (C=O) groups excluding carboxylic acids is 1. The molecule has 0 aliphatic rings. The fourth-order valence-corrected chi connectivity index (χ4v) is 3.29. The van der Waals surface area contributed by atoms with Crippen molar-refractivity contribution in [3.05, 3.63) is 88.6 Å². The normalized spacial score (nSPS) is 11.0. The first-order valence-electron chi connectivity index (χ1n) is 9.27. The zero-order valence-electron chi connectivity index (χ0n) is 16.9. The van der Waals surface area contributed by atoms with Crippen molar-refractivity contribution in [2.75, 3.05) is 14.2 Å². The average Bonchev–Trinajstić information content (AvgIpc) is 2.78. The summed E-state index contributed by atoms with van der Waals surface area (Å²) in [6.07, 6.45) is 1.35. The van der Waals surface area contributed by atoms with Crippen molar-refractivity contribution in [1.29, 1.82) is 0 Å². The van der Waals surface area contributed by atoms with Gasteiger partial charge in [0.2, 0.25) is 0 Å². The van der Waals surface area contributed by atoms with Crippen LogP contribution in [0, 0.1) is 0 Å². The summed E-state index contributed by atoms with van der Waals surface area (Å²) in [5.74, 6) is -0.956. The second kappa shape index (κ2) is 9.82. The molecule has 0 saturated carbocycles. The van der Waals surface area contributed by atoms with E-state index in [0.717, 1.165) is 0 Å². The number of amides is 1. The molecule has 1 amide bonds. The third-order valence-electron chi connectivity index (χ3n) is 4.49. The van der Waals surface area contributed by atoms with Crippen LogP contribution in [0.1, 0.15) is 15.9 Å². The molecule has 0 saturated heterocycles. The van der Waals surface area contributed by atoms with Gasteiger partial charge in [0.1, 0.15) is 5.70 Å². The van der Waals surface area contributed by atoms with E-state index in [9.17, 15) is 14.7 Å². The van der Waals surface area contributed by atoms with Gasteiger partial charge in [-0.15, -0.1) is 0 Å². The van der Waals surface area contributed by atoms with Crippen LogP contribution in [0.3, 0.4) is 0 Å². The van der Waals surface area contributed by atoms with Crippen LogP contribution in [0.4, 0.5) is 0 Å². The summed E-state index contributed by atoms with van der Waals surface area (Å²) in [7, 11) is 2.99. The maximum absolute atomic E-state index is 12.4. The van der Waals surface area contributed by atoms with Crippen LogP contribution in [0.15, 0.2) is 72.4 Å². The van der Waals surface area contributed by atoms with E-state index >= 15 is 0 Å². The number of carboxylic acid groups (broad SMARTS) is 1. The molecule has 3 rings (SSSR count). The lowest BCUT2D eigenvalue weighted by atomic mass is 10.00. The summed E-state index contributed by atoms with van der Waals surface area (Å²) in [6, 6.07) is 18.9. The quantitative estimate of drug-likeness (QED) is 0.514. The lowest BCUT2D eigenvalue weighted by Gasteiger charge is -2.15. The van der Waals surface area contributed by atoms with E-state index in [2.05, 4.69) is 5.32 Å². The minimum atomic E-state index is -1.28. The van der Waals surface area contributed by atoms with Crippen LogP contribution in [-0.2, 0) is 4.79 Å². The van der Waals surface area contributed by atoms with Gasteiger partial charge in [0.05, 0.1) is 14.2 Å². The number of halogens is 1. The molecule has 0 aliphatic carbocycles. The van der Waals surface area contributed by atoms with Gasteiger partial charge in [-0.3, -0.25) is 4.79 Å². The molecule has 2 N–H and O–H groups in total. The molecule has 0 radical (unpaired) electrons. The van der Waals surface area contributed by atoms with Crippen LogP contribution in [0.5, 0.6) is 11.5 Å². The fourth-order valence-electron chi connectivity index (χ4n) is 3.05. The molecule has 0 aliphatic heterocycles. The van der Waals surface area contributed by atoms with Crippen molar-refractivity contribution in [1.82, 2.24) is 5.32 Å². The first-order valence-corrected chi connectivity index (χ1v) is 9.64. The number of carboxylic acids is 1. The number of hydrogen-bond acceptors (Lipinski definition) is 4. The Balaban J connectivity index is 2.08. The lowest BCUT2D eigenvalue weighted by Crippen LogP contribution is -2.27. The molecule has 0 aromatic heterocycles. The summed E-state index contributed by atoms with van der Waals surface area (Å²) in [4.78, 5) is 24.2. The SMILES string of the molecule is COc1cc(C=C(NC(=O)c2ccccc2)C(=O)O)cc(-c2ccccc2Cl)c1OC. The Kier molecular flexibility index (Phi) is 6.95. The number of aliphatic carboxylic acids is 1. The third kappa shape index (κ3) is 5.05. The summed E-state index contributed by atoms with van der Waals surface area (Å²) in [5.41, 5.74) is 1.86. The van der Waals surface area contributed by atoms with Gasteiger partial charge in [-0.2, -0.15) is 0 Å². The first kappa shape index (κ1) is 21.9. The standard InChI is InChI=1S/C24H20ClNO5/c1-30-21-14-15(12-18(22(21)31-2)17-10-6-7-11-19(17)25)13-20(24(28)29)26-23(27)16-8-4-3-5-9-16/h3-14H,1-2H3,(H,26,27)(H,28,29). The molecule has 3 aromatic rings. The lowest BCUT2D eigenvalue weighted by molar-refractivity contribution is -0.132. The number of nitrogens with one attached hydrogen (secondary N) is 1. The molecule has 0 spiro atoms. The first-order chi connectivity index (χ1) is 14.9. The average molecular weight is 438 g/mol. The Hall–Kier alpha value is -3.77. The minimum Gasteiger partial charge on any atom is -0.493 e. The van der Waals surface area contributed by atoms with Crippen LogP contribution < -0.4 is 14.8 Å². The highest BCUT2D eigenvalue weighted by molar-refractivity contribution is 6.33.